The van der Waals surface area contributed by atoms with Crippen molar-refractivity contribution in [3.63, 3.8) is 0 Å². The SMILES string of the molecule is COc1ccc(S(=O)(=O)Cl)cc1CNC(=O)C(F)(F)F. The molecule has 0 saturated carbocycles. The Kier molecular flexibility index (Phi) is 4.87. The third-order valence-corrected chi connectivity index (χ3v) is 3.58. The third kappa shape index (κ3) is 4.27. The molecule has 0 aliphatic heterocycles. The fraction of sp³-hybridized carbons (Fsp3) is 0.300. The van der Waals surface area contributed by atoms with Crippen LogP contribution in [0.4, 0.5) is 13.2 Å². The Bertz CT molecular complexity index is 615. The molecule has 0 atom stereocenters. The van der Waals surface area contributed by atoms with E-state index in [4.69, 9.17) is 15.4 Å². The van der Waals surface area contributed by atoms with Gasteiger partial charge in [0.1, 0.15) is 5.75 Å². The third-order valence-electron chi connectivity index (χ3n) is 2.23. The molecule has 1 rings (SSSR count). The molecule has 5 nitrogen and oxygen atoms in total. The number of rotatable bonds is 4. The molecule has 0 unspecified atom stereocenters. The lowest BCUT2D eigenvalue weighted by Gasteiger charge is -2.12. The number of methoxy groups -OCH3 is 1. The molecule has 1 aromatic rings. The second-order valence-electron chi connectivity index (χ2n) is 3.59. The molecule has 0 aliphatic carbocycles. The van der Waals surface area contributed by atoms with Crippen molar-refractivity contribution in [2.24, 2.45) is 0 Å². The Labute approximate surface area is 117 Å². The summed E-state index contributed by atoms with van der Waals surface area (Å²) < 4.78 is 63.3. The molecular weight excluding hydrogens is 323 g/mol. The molecule has 0 radical (unpaired) electrons. The smallest absolute Gasteiger partial charge is 0.471 e. The molecule has 0 heterocycles. The summed E-state index contributed by atoms with van der Waals surface area (Å²) in [6.45, 7) is -0.554. The first-order valence-corrected chi connectivity index (χ1v) is 7.33. The molecule has 0 spiro atoms. The first-order valence-electron chi connectivity index (χ1n) is 5.02. The van der Waals surface area contributed by atoms with E-state index in [1.165, 1.54) is 13.2 Å². The number of hydrogen-bond acceptors (Lipinski definition) is 4. The number of carbonyl (C=O) groups is 1. The lowest BCUT2D eigenvalue weighted by atomic mass is 10.2. The second kappa shape index (κ2) is 5.88. The number of benzene rings is 1. The number of nitrogens with one attached hydrogen (secondary N) is 1. The molecule has 1 amide bonds. The van der Waals surface area contributed by atoms with Gasteiger partial charge in [0.2, 0.25) is 0 Å². The number of halogens is 4. The van der Waals surface area contributed by atoms with E-state index in [1.54, 1.807) is 5.32 Å². The van der Waals surface area contributed by atoms with Crippen LogP contribution in [0.3, 0.4) is 0 Å². The lowest BCUT2D eigenvalue weighted by Crippen LogP contribution is -2.36. The van der Waals surface area contributed by atoms with Gasteiger partial charge in [-0.1, -0.05) is 0 Å². The fourth-order valence-corrected chi connectivity index (χ4v) is 2.12. The van der Waals surface area contributed by atoms with Crippen molar-refractivity contribution in [1.82, 2.24) is 5.32 Å². The fourth-order valence-electron chi connectivity index (χ4n) is 1.32. The normalized spacial score (nSPS) is 12.1. The van der Waals surface area contributed by atoms with Crippen LogP contribution in [0, 0.1) is 0 Å². The number of alkyl halides is 3. The van der Waals surface area contributed by atoms with Crippen molar-refractivity contribution >= 4 is 25.6 Å². The van der Waals surface area contributed by atoms with E-state index in [0.29, 0.717) is 0 Å². The highest BCUT2D eigenvalue weighted by atomic mass is 35.7. The zero-order chi connectivity index (χ0) is 15.6. The van der Waals surface area contributed by atoms with Gasteiger partial charge in [-0.05, 0) is 18.2 Å². The first kappa shape index (κ1) is 16.6. The molecule has 0 fully saturated rings. The average Bonchev–Trinajstić information content (AvgIpc) is 2.33. The molecule has 0 bridgehead atoms. The van der Waals surface area contributed by atoms with E-state index in [0.717, 1.165) is 12.1 Å². The van der Waals surface area contributed by atoms with Crippen LogP contribution < -0.4 is 10.1 Å². The van der Waals surface area contributed by atoms with E-state index in [2.05, 4.69) is 0 Å². The average molecular weight is 332 g/mol. The highest BCUT2D eigenvalue weighted by Crippen LogP contribution is 2.25. The second-order valence-corrected chi connectivity index (χ2v) is 6.16. The zero-order valence-corrected chi connectivity index (χ0v) is 11.6. The summed E-state index contributed by atoms with van der Waals surface area (Å²) in [5.41, 5.74) is 0.0480. The molecule has 20 heavy (non-hydrogen) atoms. The summed E-state index contributed by atoms with van der Waals surface area (Å²) in [4.78, 5) is 10.4. The molecule has 0 aliphatic rings. The number of amides is 1. The van der Waals surface area contributed by atoms with E-state index in [-0.39, 0.29) is 16.2 Å². The minimum absolute atomic E-state index is 0.0480. The molecule has 112 valence electrons. The number of ether oxygens (including phenoxy) is 1. The summed E-state index contributed by atoms with van der Waals surface area (Å²) in [6.07, 6.45) is -5.02. The maximum Gasteiger partial charge on any atom is 0.471 e. The lowest BCUT2D eigenvalue weighted by molar-refractivity contribution is -0.173. The number of hydrogen-bond donors (Lipinski definition) is 1. The molecule has 1 aromatic carbocycles. The summed E-state index contributed by atoms with van der Waals surface area (Å²) in [5.74, 6) is -2.02. The summed E-state index contributed by atoms with van der Waals surface area (Å²) >= 11 is 0. The van der Waals surface area contributed by atoms with Gasteiger partial charge in [0.15, 0.2) is 0 Å². The van der Waals surface area contributed by atoms with Gasteiger partial charge in [0, 0.05) is 22.8 Å². The maximum atomic E-state index is 12.0. The standard InChI is InChI=1S/C10H9ClF3NO4S/c1-19-8-3-2-7(20(11,17)18)4-6(8)5-15-9(16)10(12,13)14/h2-4H,5H2,1H3,(H,15,16). The molecular formula is C10H9ClF3NO4S. The van der Waals surface area contributed by atoms with Crippen LogP contribution in [0.15, 0.2) is 23.1 Å². The van der Waals surface area contributed by atoms with E-state index >= 15 is 0 Å². The van der Waals surface area contributed by atoms with Gasteiger partial charge < -0.3 is 10.1 Å². The predicted molar refractivity (Wildman–Crippen MR) is 63.9 cm³/mol. The van der Waals surface area contributed by atoms with Gasteiger partial charge >= 0.3 is 12.1 Å². The van der Waals surface area contributed by atoms with Crippen LogP contribution in [0.5, 0.6) is 5.75 Å². The summed E-state index contributed by atoms with van der Waals surface area (Å²) in [6, 6.07) is 3.39. The minimum Gasteiger partial charge on any atom is -0.496 e. The molecule has 10 heteroatoms. The van der Waals surface area contributed by atoms with Gasteiger partial charge in [-0.3, -0.25) is 4.79 Å². The van der Waals surface area contributed by atoms with E-state index in [1.807, 2.05) is 0 Å². The monoisotopic (exact) mass is 331 g/mol. The Morgan fingerprint density at radius 1 is 1.40 bits per heavy atom. The van der Waals surface area contributed by atoms with E-state index in [9.17, 15) is 26.4 Å². The van der Waals surface area contributed by atoms with Crippen molar-refractivity contribution < 1.29 is 31.1 Å². The van der Waals surface area contributed by atoms with Crippen LogP contribution >= 0.6 is 10.7 Å². The van der Waals surface area contributed by atoms with Crippen LogP contribution in [-0.2, 0) is 20.4 Å². The van der Waals surface area contributed by atoms with Crippen molar-refractivity contribution in [3.8, 4) is 5.75 Å². The van der Waals surface area contributed by atoms with Gasteiger partial charge in [0.05, 0.1) is 12.0 Å². The quantitative estimate of drug-likeness (QED) is 0.854. The molecule has 0 aromatic heterocycles. The van der Waals surface area contributed by atoms with Crippen molar-refractivity contribution in [2.75, 3.05) is 7.11 Å². The van der Waals surface area contributed by atoms with E-state index < -0.39 is 27.7 Å². The van der Waals surface area contributed by atoms with Gasteiger partial charge in [-0.25, -0.2) is 8.42 Å². The van der Waals surface area contributed by atoms with Crippen molar-refractivity contribution in [2.45, 2.75) is 17.6 Å². The Hall–Kier alpha value is -1.48. The maximum absolute atomic E-state index is 12.0. The highest BCUT2D eigenvalue weighted by Gasteiger charge is 2.38. The Balaban J connectivity index is 3.01. The molecule has 1 N–H and O–H groups in total. The summed E-state index contributed by atoms with van der Waals surface area (Å²) in [7, 11) is 2.34. The van der Waals surface area contributed by atoms with Crippen molar-refractivity contribution in [3.05, 3.63) is 23.8 Å². The van der Waals surface area contributed by atoms with Gasteiger partial charge in [0.25, 0.3) is 9.05 Å². The molecule has 0 saturated heterocycles. The summed E-state index contributed by atoms with van der Waals surface area (Å²) in [5, 5.41) is 1.61. The van der Waals surface area contributed by atoms with Crippen LogP contribution in [0.25, 0.3) is 0 Å². The Morgan fingerprint density at radius 2 is 2.00 bits per heavy atom. The first-order chi connectivity index (χ1) is 9.05. The minimum atomic E-state index is -5.02. The predicted octanol–water partition coefficient (Wildman–Crippen LogP) is 1.80. The largest absolute Gasteiger partial charge is 0.496 e. The van der Waals surface area contributed by atoms with Crippen LogP contribution in [0.2, 0.25) is 0 Å². The highest BCUT2D eigenvalue weighted by molar-refractivity contribution is 8.13. The van der Waals surface area contributed by atoms with Crippen molar-refractivity contribution in [1.29, 1.82) is 0 Å². The topological polar surface area (TPSA) is 72.5 Å². The zero-order valence-electron chi connectivity index (χ0n) is 9.99. The van der Waals surface area contributed by atoms with Gasteiger partial charge in [-0.15, -0.1) is 0 Å². The van der Waals surface area contributed by atoms with Crippen LogP contribution in [0.1, 0.15) is 5.56 Å². The van der Waals surface area contributed by atoms with Crippen LogP contribution in [-0.4, -0.2) is 27.6 Å². The Morgan fingerprint density at radius 3 is 2.45 bits per heavy atom. The number of carbonyl (C=O) groups excluding carboxylic acids is 1. The van der Waals surface area contributed by atoms with Gasteiger partial charge in [-0.2, -0.15) is 13.2 Å².